The van der Waals surface area contributed by atoms with Crippen molar-refractivity contribution in [1.82, 2.24) is 4.57 Å². The summed E-state index contributed by atoms with van der Waals surface area (Å²) in [5, 5.41) is 35.3. The fourth-order valence-electron chi connectivity index (χ4n) is 1.86. The van der Waals surface area contributed by atoms with Gasteiger partial charge in [0, 0.05) is 37.0 Å². The maximum absolute atomic E-state index is 9.01. The van der Waals surface area contributed by atoms with Gasteiger partial charge in [-0.2, -0.15) is 4.57 Å². The van der Waals surface area contributed by atoms with Crippen molar-refractivity contribution < 1.29 is 14.8 Å². The molecule has 2 aromatic rings. The first kappa shape index (κ1) is 18.6. The quantitative estimate of drug-likeness (QED) is 0.272. The summed E-state index contributed by atoms with van der Waals surface area (Å²) in [6, 6.07) is 7.15. The molecule has 0 amide bonds. The number of aliphatic hydroxyl groups excluding tert-OH is 2. The van der Waals surface area contributed by atoms with Crippen molar-refractivity contribution in [1.29, 1.82) is 0 Å². The minimum atomic E-state index is -0.0790. The van der Waals surface area contributed by atoms with Gasteiger partial charge in [0.05, 0.1) is 17.7 Å². The van der Waals surface area contributed by atoms with Crippen LogP contribution in [0.3, 0.4) is 0 Å². The number of rotatable bonds is 6. The Morgan fingerprint density at radius 2 is 1.80 bits per heavy atom. The van der Waals surface area contributed by atoms with Gasteiger partial charge in [0.15, 0.2) is 18.2 Å². The Kier molecular flexibility index (Phi) is 7.12. The molecule has 0 saturated carbocycles. The zero-order valence-electron chi connectivity index (χ0n) is 14.4. The van der Waals surface area contributed by atoms with Gasteiger partial charge in [-0.05, 0) is 12.1 Å². The molecule has 0 bridgehead atoms. The predicted molar refractivity (Wildman–Crippen MR) is 92.7 cm³/mol. The van der Waals surface area contributed by atoms with Crippen LogP contribution in [0.15, 0.2) is 69.5 Å². The Labute approximate surface area is 146 Å². The highest BCUT2D eigenvalue weighted by Crippen LogP contribution is 2.10. The van der Waals surface area contributed by atoms with E-state index in [9.17, 15) is 0 Å². The average Bonchev–Trinajstić information content (AvgIpc) is 2.63. The van der Waals surface area contributed by atoms with Crippen LogP contribution >= 0.6 is 0 Å². The van der Waals surface area contributed by atoms with E-state index in [0.717, 1.165) is 0 Å². The molecule has 0 unspecified atom stereocenters. The van der Waals surface area contributed by atoms with Crippen molar-refractivity contribution in [2.24, 2.45) is 26.3 Å². The van der Waals surface area contributed by atoms with Crippen molar-refractivity contribution in [3.63, 3.8) is 0 Å². The van der Waals surface area contributed by atoms with Crippen LogP contribution in [0.2, 0.25) is 0 Å². The number of nitrogens with zero attached hydrogens (tertiary/aromatic N) is 6. The molecule has 0 aliphatic carbocycles. The Morgan fingerprint density at radius 1 is 1.12 bits per heavy atom. The van der Waals surface area contributed by atoms with Crippen molar-refractivity contribution in [3.8, 4) is 0 Å². The first-order valence-electron chi connectivity index (χ1n) is 8.02. The van der Waals surface area contributed by atoms with Crippen molar-refractivity contribution in [3.05, 3.63) is 54.4 Å². The Hall–Kier alpha value is -2.71. The van der Waals surface area contributed by atoms with Gasteiger partial charge in [-0.3, -0.25) is 0 Å². The molecule has 0 aliphatic rings. The summed E-state index contributed by atoms with van der Waals surface area (Å²) in [6.45, 7) is 4.50. The summed E-state index contributed by atoms with van der Waals surface area (Å²) in [4.78, 5) is 0. The minimum Gasteiger partial charge on any atom is -0.395 e. The van der Waals surface area contributed by atoms with E-state index in [-0.39, 0.29) is 19.3 Å². The van der Waals surface area contributed by atoms with Gasteiger partial charge < -0.3 is 14.8 Å². The Morgan fingerprint density at radius 3 is 2.36 bits per heavy atom. The number of hydrogen-bond donors (Lipinski definition) is 2. The van der Waals surface area contributed by atoms with Crippen LogP contribution in [-0.2, 0) is 13.3 Å². The summed E-state index contributed by atoms with van der Waals surface area (Å²) < 4.78 is 3.48. The van der Waals surface area contributed by atoms with Gasteiger partial charge in [0.25, 0.3) is 0 Å². The van der Waals surface area contributed by atoms with Crippen LogP contribution in [0.1, 0.15) is 13.8 Å². The van der Waals surface area contributed by atoms with Crippen LogP contribution < -0.4 is 9.92 Å². The first-order chi connectivity index (χ1) is 12.1. The number of azo groups is 1. The van der Waals surface area contributed by atoms with E-state index in [0.29, 0.717) is 23.4 Å². The van der Waals surface area contributed by atoms with Crippen LogP contribution in [0, 0.1) is 5.92 Å². The van der Waals surface area contributed by atoms with Crippen LogP contribution in [-0.4, -0.2) is 27.2 Å². The Bertz CT molecular complexity index is 773. The van der Waals surface area contributed by atoms with Gasteiger partial charge in [0.2, 0.25) is 6.73 Å². The second-order valence-corrected chi connectivity index (χ2v) is 5.64. The molecule has 132 valence electrons. The number of aromatic nitrogens is 2. The third kappa shape index (κ3) is 6.02. The third-order valence-corrected chi connectivity index (χ3v) is 3.32. The molecule has 2 heterocycles. The maximum Gasteiger partial charge on any atom is 0.250 e. The van der Waals surface area contributed by atoms with Gasteiger partial charge in [-0.1, -0.05) is 13.8 Å². The highest BCUT2D eigenvalue weighted by molar-refractivity contribution is 5.84. The standard InChI is InChI=1S/C17H23N6O2/c1-14(2)17(21-19-16-5-9-23(13-25)10-6-16)20-18-15-3-7-22(8-4-15)11-12-24/h3-10,14,24-25H,11-13H2,1-2H3/q+1. The van der Waals surface area contributed by atoms with Crippen LogP contribution in [0.4, 0.5) is 5.69 Å². The summed E-state index contributed by atoms with van der Waals surface area (Å²) in [7, 11) is 0. The molecule has 0 fully saturated rings. The molecule has 2 aromatic heterocycles. The molecule has 0 radical (unpaired) electrons. The van der Waals surface area contributed by atoms with Gasteiger partial charge in [0.1, 0.15) is 0 Å². The molecule has 8 heteroatoms. The SMILES string of the molecule is CC(C)C(N=Nc1cc[n+](CO)cc1)=NN=c1ccn(CCO)cc1. The van der Waals surface area contributed by atoms with Crippen molar-refractivity contribution >= 4 is 11.5 Å². The van der Waals surface area contributed by atoms with Crippen molar-refractivity contribution in [2.75, 3.05) is 6.61 Å². The maximum atomic E-state index is 9.01. The van der Waals surface area contributed by atoms with E-state index in [4.69, 9.17) is 10.2 Å². The van der Waals surface area contributed by atoms with Gasteiger partial charge in [-0.25, -0.2) is 0 Å². The van der Waals surface area contributed by atoms with Crippen LogP contribution in [0.5, 0.6) is 0 Å². The average molecular weight is 343 g/mol. The predicted octanol–water partition coefficient (Wildman–Crippen LogP) is 1.37. The zero-order valence-corrected chi connectivity index (χ0v) is 14.4. The van der Waals surface area contributed by atoms with Crippen LogP contribution in [0.25, 0.3) is 0 Å². The summed E-state index contributed by atoms with van der Waals surface area (Å²) in [5.41, 5.74) is 0.669. The van der Waals surface area contributed by atoms with E-state index >= 15 is 0 Å². The molecule has 0 saturated heterocycles. The largest absolute Gasteiger partial charge is 0.395 e. The molecule has 0 spiro atoms. The fraction of sp³-hybridized carbons (Fsp3) is 0.353. The second kappa shape index (κ2) is 9.55. The van der Waals surface area contributed by atoms with Gasteiger partial charge in [-0.15, -0.1) is 20.4 Å². The molecule has 0 aromatic carbocycles. The molecule has 25 heavy (non-hydrogen) atoms. The lowest BCUT2D eigenvalue weighted by Crippen LogP contribution is -2.31. The number of aliphatic hydroxyl groups is 2. The minimum absolute atomic E-state index is 0.0710. The lowest BCUT2D eigenvalue weighted by molar-refractivity contribution is -0.729. The summed E-state index contributed by atoms with van der Waals surface area (Å²) >= 11 is 0. The van der Waals surface area contributed by atoms with Crippen molar-refractivity contribution in [2.45, 2.75) is 27.1 Å². The lowest BCUT2D eigenvalue weighted by Gasteiger charge is -2.02. The molecule has 0 aliphatic heterocycles. The molecular weight excluding hydrogens is 320 g/mol. The molecular formula is C17H23N6O2+. The molecule has 2 N–H and O–H groups in total. The van der Waals surface area contributed by atoms with Gasteiger partial charge >= 0.3 is 0 Å². The van der Waals surface area contributed by atoms with E-state index in [1.165, 1.54) is 0 Å². The van der Waals surface area contributed by atoms with E-state index in [1.54, 1.807) is 29.1 Å². The fourth-order valence-corrected chi connectivity index (χ4v) is 1.86. The highest BCUT2D eigenvalue weighted by Gasteiger charge is 2.04. The smallest absolute Gasteiger partial charge is 0.250 e. The zero-order chi connectivity index (χ0) is 18.1. The van der Waals surface area contributed by atoms with E-state index in [2.05, 4.69) is 20.4 Å². The number of pyridine rings is 2. The highest BCUT2D eigenvalue weighted by atomic mass is 16.3. The first-order valence-corrected chi connectivity index (χ1v) is 8.02. The van der Waals surface area contributed by atoms with E-state index < -0.39 is 0 Å². The summed E-state index contributed by atoms with van der Waals surface area (Å²) in [5.74, 6) is 0.590. The van der Waals surface area contributed by atoms with E-state index in [1.807, 2.05) is 42.9 Å². The second-order valence-electron chi connectivity index (χ2n) is 5.64. The molecule has 2 rings (SSSR count). The molecule has 8 nitrogen and oxygen atoms in total. The topological polar surface area (TPSA) is 98.7 Å². The number of hydrogen-bond acceptors (Lipinski definition) is 5. The normalized spacial score (nSPS) is 12.1. The monoisotopic (exact) mass is 343 g/mol. The number of amidine groups is 1. The Balaban J connectivity index is 2.17. The lowest BCUT2D eigenvalue weighted by atomic mass is 10.2. The third-order valence-electron chi connectivity index (χ3n) is 3.32. The molecule has 0 atom stereocenters. The summed E-state index contributed by atoms with van der Waals surface area (Å²) in [6.07, 6.45) is 7.11.